The minimum absolute atomic E-state index is 0.0216. The monoisotopic (exact) mass is 218 g/mol. The Kier molecular flexibility index (Phi) is 5.26. The topological polar surface area (TPSA) is 41.5 Å². The van der Waals surface area contributed by atoms with Crippen molar-refractivity contribution in [3.8, 4) is 0 Å². The molecule has 0 aliphatic rings. The molecule has 0 atom stereocenters. The summed E-state index contributed by atoms with van der Waals surface area (Å²) in [5.41, 5.74) is 4.70. The molecule has 0 bridgehead atoms. The number of benzene rings is 1. The number of carbonyl (C=O) groups excluding carboxylic acids is 1. The molecule has 0 radical (unpaired) electrons. The summed E-state index contributed by atoms with van der Waals surface area (Å²) in [4.78, 5) is 11.3. The molecule has 86 valence electrons. The second kappa shape index (κ2) is 6.77. The van der Waals surface area contributed by atoms with E-state index in [-0.39, 0.29) is 5.91 Å². The van der Waals surface area contributed by atoms with E-state index in [1.165, 1.54) is 0 Å². The van der Waals surface area contributed by atoms with E-state index >= 15 is 0 Å². The summed E-state index contributed by atoms with van der Waals surface area (Å²) in [6, 6.07) is 7.91. The molecule has 0 aromatic heterocycles. The zero-order chi connectivity index (χ0) is 11.8. The molecule has 0 spiro atoms. The van der Waals surface area contributed by atoms with Gasteiger partial charge in [0.25, 0.3) is 0 Å². The van der Waals surface area contributed by atoms with Crippen LogP contribution in [-0.4, -0.2) is 12.1 Å². The van der Waals surface area contributed by atoms with Gasteiger partial charge < -0.3 is 0 Å². The first-order chi connectivity index (χ1) is 7.74. The highest BCUT2D eigenvalue weighted by Gasteiger charge is 1.97. The van der Waals surface area contributed by atoms with E-state index in [0.29, 0.717) is 6.42 Å². The molecule has 0 aliphatic heterocycles. The Morgan fingerprint density at radius 2 is 2.19 bits per heavy atom. The number of hydrogen-bond donors (Lipinski definition) is 1. The summed E-state index contributed by atoms with van der Waals surface area (Å²) in [5.74, 6) is -0.0216. The molecule has 0 aliphatic carbocycles. The summed E-state index contributed by atoms with van der Waals surface area (Å²) in [5, 5.41) is 3.93. The number of rotatable bonds is 5. The van der Waals surface area contributed by atoms with Gasteiger partial charge in [-0.3, -0.25) is 4.79 Å². The van der Waals surface area contributed by atoms with Crippen molar-refractivity contribution in [1.82, 2.24) is 5.43 Å². The molecular formula is C13H18N2O. The van der Waals surface area contributed by atoms with Crippen molar-refractivity contribution in [2.45, 2.75) is 33.1 Å². The molecule has 1 aromatic rings. The Bertz CT molecular complexity index is 372. The van der Waals surface area contributed by atoms with E-state index in [0.717, 1.165) is 24.0 Å². The Balaban J connectivity index is 2.43. The van der Waals surface area contributed by atoms with E-state index in [2.05, 4.69) is 17.5 Å². The van der Waals surface area contributed by atoms with Gasteiger partial charge in [0.2, 0.25) is 5.91 Å². The van der Waals surface area contributed by atoms with Crippen LogP contribution < -0.4 is 5.43 Å². The van der Waals surface area contributed by atoms with Gasteiger partial charge in [0.15, 0.2) is 0 Å². The van der Waals surface area contributed by atoms with Gasteiger partial charge in [0.05, 0.1) is 6.21 Å². The Hall–Kier alpha value is -1.64. The zero-order valence-electron chi connectivity index (χ0n) is 9.86. The van der Waals surface area contributed by atoms with Crippen molar-refractivity contribution in [1.29, 1.82) is 0 Å². The third-order valence-electron chi connectivity index (χ3n) is 2.34. The van der Waals surface area contributed by atoms with Crippen molar-refractivity contribution >= 4 is 12.1 Å². The molecule has 0 fully saturated rings. The number of nitrogens with one attached hydrogen (secondary N) is 1. The molecule has 1 rings (SSSR count). The zero-order valence-corrected chi connectivity index (χ0v) is 9.86. The lowest BCUT2D eigenvalue weighted by Crippen LogP contribution is -2.16. The van der Waals surface area contributed by atoms with E-state index in [4.69, 9.17) is 0 Å². The van der Waals surface area contributed by atoms with E-state index in [1.54, 1.807) is 6.21 Å². The summed E-state index contributed by atoms with van der Waals surface area (Å²) < 4.78 is 0. The van der Waals surface area contributed by atoms with Crippen molar-refractivity contribution in [3.63, 3.8) is 0 Å². The lowest BCUT2D eigenvalue weighted by atomic mass is 10.1. The average Bonchev–Trinajstić information content (AvgIpc) is 2.29. The number of hydrazone groups is 1. The van der Waals surface area contributed by atoms with Gasteiger partial charge in [-0.15, -0.1) is 0 Å². The van der Waals surface area contributed by atoms with Crippen LogP contribution in [0.5, 0.6) is 0 Å². The number of amides is 1. The number of hydrogen-bond acceptors (Lipinski definition) is 2. The minimum Gasteiger partial charge on any atom is -0.273 e. The van der Waals surface area contributed by atoms with Crippen LogP contribution in [0.15, 0.2) is 29.4 Å². The summed E-state index contributed by atoms with van der Waals surface area (Å²) in [6.07, 6.45) is 4.15. The van der Waals surface area contributed by atoms with Gasteiger partial charge >= 0.3 is 0 Å². The molecular weight excluding hydrogens is 200 g/mol. The molecule has 0 saturated carbocycles. The fourth-order valence-corrected chi connectivity index (χ4v) is 1.30. The van der Waals surface area contributed by atoms with Crippen LogP contribution in [0.4, 0.5) is 0 Å². The molecule has 0 unspecified atom stereocenters. The van der Waals surface area contributed by atoms with Crippen molar-refractivity contribution in [2.75, 3.05) is 0 Å². The molecule has 3 heteroatoms. The molecule has 3 nitrogen and oxygen atoms in total. The van der Waals surface area contributed by atoms with Crippen LogP contribution in [-0.2, 0) is 4.79 Å². The lowest BCUT2D eigenvalue weighted by Gasteiger charge is -1.99. The maximum absolute atomic E-state index is 11.3. The predicted octanol–water partition coefficient (Wildman–Crippen LogP) is 2.64. The lowest BCUT2D eigenvalue weighted by molar-refractivity contribution is -0.121. The Morgan fingerprint density at radius 1 is 1.44 bits per heavy atom. The molecule has 16 heavy (non-hydrogen) atoms. The highest BCUT2D eigenvalue weighted by Crippen LogP contribution is 2.03. The molecule has 1 aromatic carbocycles. The van der Waals surface area contributed by atoms with E-state index in [9.17, 15) is 4.79 Å². The number of aryl methyl sites for hydroxylation is 1. The standard InChI is InChI=1S/C13H18N2O/c1-3-4-9-13(16)15-14-10-12-8-6-5-7-11(12)2/h5-8,10H,3-4,9H2,1-2H3,(H,15,16)/b14-10+. The normalized spacial score (nSPS) is 10.6. The van der Waals surface area contributed by atoms with Crippen molar-refractivity contribution in [2.24, 2.45) is 5.10 Å². The van der Waals surface area contributed by atoms with Crippen LogP contribution in [0.2, 0.25) is 0 Å². The van der Waals surface area contributed by atoms with Crippen molar-refractivity contribution in [3.05, 3.63) is 35.4 Å². The largest absolute Gasteiger partial charge is 0.273 e. The van der Waals surface area contributed by atoms with Crippen LogP contribution in [0.3, 0.4) is 0 Å². The third kappa shape index (κ3) is 4.26. The molecule has 1 amide bonds. The SMILES string of the molecule is CCCCC(=O)N/N=C/c1ccccc1C. The average molecular weight is 218 g/mol. The van der Waals surface area contributed by atoms with Crippen molar-refractivity contribution < 1.29 is 4.79 Å². The smallest absolute Gasteiger partial charge is 0.240 e. The highest BCUT2D eigenvalue weighted by atomic mass is 16.2. The number of unbranched alkanes of at least 4 members (excludes halogenated alkanes) is 1. The minimum atomic E-state index is -0.0216. The van der Waals surface area contributed by atoms with Gasteiger partial charge in [-0.25, -0.2) is 5.43 Å². The van der Waals surface area contributed by atoms with Crippen LogP contribution >= 0.6 is 0 Å². The highest BCUT2D eigenvalue weighted by molar-refractivity contribution is 5.83. The number of nitrogens with zero attached hydrogens (tertiary/aromatic N) is 1. The summed E-state index contributed by atoms with van der Waals surface area (Å²) in [7, 11) is 0. The first-order valence-electron chi connectivity index (χ1n) is 5.61. The first kappa shape index (κ1) is 12.4. The van der Waals surface area contributed by atoms with Crippen LogP contribution in [0, 0.1) is 6.92 Å². The van der Waals surface area contributed by atoms with Crippen LogP contribution in [0.1, 0.15) is 37.3 Å². The van der Waals surface area contributed by atoms with Gasteiger partial charge in [-0.1, -0.05) is 37.6 Å². The molecule has 0 heterocycles. The first-order valence-corrected chi connectivity index (χ1v) is 5.61. The fraction of sp³-hybridized carbons (Fsp3) is 0.385. The van der Waals surface area contributed by atoms with Gasteiger partial charge in [-0.05, 0) is 24.5 Å². The Morgan fingerprint density at radius 3 is 2.88 bits per heavy atom. The molecule has 1 N–H and O–H groups in total. The number of carbonyl (C=O) groups is 1. The van der Waals surface area contributed by atoms with Gasteiger partial charge in [-0.2, -0.15) is 5.10 Å². The maximum Gasteiger partial charge on any atom is 0.240 e. The van der Waals surface area contributed by atoms with E-state index < -0.39 is 0 Å². The maximum atomic E-state index is 11.3. The summed E-state index contributed by atoms with van der Waals surface area (Å²) >= 11 is 0. The predicted molar refractivity (Wildman–Crippen MR) is 66.4 cm³/mol. The summed E-state index contributed by atoms with van der Waals surface area (Å²) in [6.45, 7) is 4.07. The second-order valence-corrected chi connectivity index (χ2v) is 3.75. The molecule has 0 saturated heterocycles. The van der Waals surface area contributed by atoms with E-state index in [1.807, 2.05) is 31.2 Å². The fourth-order valence-electron chi connectivity index (χ4n) is 1.30. The van der Waals surface area contributed by atoms with Gasteiger partial charge in [0, 0.05) is 6.42 Å². The van der Waals surface area contributed by atoms with Crippen LogP contribution in [0.25, 0.3) is 0 Å². The second-order valence-electron chi connectivity index (χ2n) is 3.75. The van der Waals surface area contributed by atoms with Gasteiger partial charge in [0.1, 0.15) is 0 Å². The quantitative estimate of drug-likeness (QED) is 0.599. The Labute approximate surface area is 96.6 Å². The third-order valence-corrected chi connectivity index (χ3v) is 2.34.